The first-order chi connectivity index (χ1) is 12.8. The van der Waals surface area contributed by atoms with Crippen LogP contribution in [0.3, 0.4) is 0 Å². The van der Waals surface area contributed by atoms with Crippen LogP contribution >= 0.6 is 11.6 Å². The molecule has 1 aromatic carbocycles. The molecule has 0 unspecified atom stereocenters. The summed E-state index contributed by atoms with van der Waals surface area (Å²) in [5.41, 5.74) is 2.18. The molecule has 1 fully saturated rings. The summed E-state index contributed by atoms with van der Waals surface area (Å²) in [5, 5.41) is 3.69. The number of hydrogen-bond donors (Lipinski definition) is 1. The standard InChI is InChI=1S/C21H26ClNO4.CH4/c1-5-26-20(25)27-18-17(16-13(3)6-7-15(22)14(16)4)19(24)23-21(18)10-8-12(2)9-11-21;/h6-7,12H,5,8-11H2,1-4H3,(H,23,24);1H4. The maximum absolute atomic E-state index is 13.1. The van der Waals surface area contributed by atoms with Gasteiger partial charge in [0.1, 0.15) is 5.76 Å². The number of carbonyl (C=O) groups excluding carboxylic acids is 2. The van der Waals surface area contributed by atoms with Crippen LogP contribution in [0.1, 0.15) is 63.6 Å². The van der Waals surface area contributed by atoms with Crippen LogP contribution in [-0.4, -0.2) is 24.2 Å². The zero-order valence-electron chi connectivity index (χ0n) is 16.3. The van der Waals surface area contributed by atoms with Gasteiger partial charge >= 0.3 is 6.16 Å². The minimum absolute atomic E-state index is 0. The average molecular weight is 408 g/mol. The van der Waals surface area contributed by atoms with E-state index in [9.17, 15) is 9.59 Å². The molecule has 0 radical (unpaired) electrons. The molecule has 0 saturated heterocycles. The molecule has 0 aromatic heterocycles. The molecule has 1 heterocycles. The van der Waals surface area contributed by atoms with Gasteiger partial charge < -0.3 is 14.8 Å². The molecule has 2 aliphatic rings. The summed E-state index contributed by atoms with van der Waals surface area (Å²) < 4.78 is 10.7. The fourth-order valence-electron chi connectivity index (χ4n) is 4.10. The first-order valence-corrected chi connectivity index (χ1v) is 9.84. The van der Waals surface area contributed by atoms with Gasteiger partial charge in [-0.3, -0.25) is 4.79 Å². The van der Waals surface area contributed by atoms with E-state index in [1.54, 1.807) is 6.92 Å². The Kier molecular flexibility index (Phi) is 6.81. The van der Waals surface area contributed by atoms with Gasteiger partial charge in [0.15, 0.2) is 0 Å². The molecule has 1 spiro atoms. The molecule has 5 nitrogen and oxygen atoms in total. The van der Waals surface area contributed by atoms with Crippen LogP contribution in [0.2, 0.25) is 5.02 Å². The van der Waals surface area contributed by atoms with Gasteiger partial charge in [0, 0.05) is 5.02 Å². The molecule has 1 amide bonds. The lowest BCUT2D eigenvalue weighted by Crippen LogP contribution is -2.47. The van der Waals surface area contributed by atoms with E-state index >= 15 is 0 Å². The number of halogens is 1. The molecule has 0 atom stereocenters. The van der Waals surface area contributed by atoms with Crippen LogP contribution in [0.25, 0.3) is 5.57 Å². The normalized spacial score (nSPS) is 24.0. The second kappa shape index (κ2) is 8.56. The Balaban J connectivity index is 0.00000280. The minimum atomic E-state index is -0.781. The first kappa shape index (κ1) is 22.3. The number of amides is 1. The maximum atomic E-state index is 13.1. The second-order valence-electron chi connectivity index (χ2n) is 7.57. The number of aryl methyl sites for hydroxylation is 1. The lowest BCUT2D eigenvalue weighted by atomic mass is 9.76. The third kappa shape index (κ3) is 3.90. The number of ether oxygens (including phenoxy) is 2. The molecule has 28 heavy (non-hydrogen) atoms. The van der Waals surface area contributed by atoms with E-state index < -0.39 is 11.7 Å². The van der Waals surface area contributed by atoms with Crippen molar-refractivity contribution in [1.29, 1.82) is 0 Å². The molecule has 1 N–H and O–H groups in total. The number of benzene rings is 1. The summed E-state index contributed by atoms with van der Waals surface area (Å²) >= 11 is 6.32. The molecular formula is C22H30ClNO4. The third-order valence-corrected chi connectivity index (χ3v) is 6.08. The first-order valence-electron chi connectivity index (χ1n) is 9.47. The predicted molar refractivity (Wildman–Crippen MR) is 111 cm³/mol. The van der Waals surface area contributed by atoms with Crippen molar-refractivity contribution in [3.63, 3.8) is 0 Å². The van der Waals surface area contributed by atoms with Crippen molar-refractivity contribution in [3.8, 4) is 0 Å². The van der Waals surface area contributed by atoms with E-state index in [0.717, 1.165) is 42.4 Å². The fraction of sp³-hybridized carbons (Fsp3) is 0.545. The highest BCUT2D eigenvalue weighted by atomic mass is 35.5. The van der Waals surface area contributed by atoms with E-state index in [1.165, 1.54) is 0 Å². The SMILES string of the molecule is C.CCOC(=O)OC1=C(c2c(C)ccc(Cl)c2C)C(=O)NC12CCC(C)CC2. The highest BCUT2D eigenvalue weighted by Gasteiger charge is 2.50. The Labute approximate surface area is 172 Å². The average Bonchev–Trinajstić information content (AvgIpc) is 2.87. The van der Waals surface area contributed by atoms with Crippen molar-refractivity contribution < 1.29 is 19.1 Å². The highest BCUT2D eigenvalue weighted by molar-refractivity contribution is 6.32. The van der Waals surface area contributed by atoms with Crippen molar-refractivity contribution in [1.82, 2.24) is 5.32 Å². The number of hydrogen-bond acceptors (Lipinski definition) is 4. The van der Waals surface area contributed by atoms with Gasteiger partial charge in [0.05, 0.1) is 17.7 Å². The molecule has 3 rings (SSSR count). The molecule has 1 aromatic rings. The maximum Gasteiger partial charge on any atom is 0.513 e. The van der Waals surface area contributed by atoms with Crippen molar-refractivity contribution >= 4 is 29.2 Å². The minimum Gasteiger partial charge on any atom is -0.434 e. The van der Waals surface area contributed by atoms with Gasteiger partial charge in [-0.2, -0.15) is 0 Å². The van der Waals surface area contributed by atoms with Gasteiger partial charge in [-0.15, -0.1) is 0 Å². The summed E-state index contributed by atoms with van der Waals surface area (Å²) in [4.78, 5) is 25.2. The van der Waals surface area contributed by atoms with E-state index in [1.807, 2.05) is 26.0 Å². The Bertz CT molecular complexity index is 807. The Morgan fingerprint density at radius 3 is 2.54 bits per heavy atom. The Morgan fingerprint density at radius 1 is 1.29 bits per heavy atom. The van der Waals surface area contributed by atoms with E-state index in [4.69, 9.17) is 21.1 Å². The van der Waals surface area contributed by atoms with Crippen molar-refractivity contribution in [2.24, 2.45) is 5.92 Å². The summed E-state index contributed by atoms with van der Waals surface area (Å²) in [6, 6.07) is 3.69. The molecule has 1 saturated carbocycles. The molecule has 154 valence electrons. The van der Waals surface area contributed by atoms with Crippen molar-refractivity contribution in [3.05, 3.63) is 39.6 Å². The zero-order valence-corrected chi connectivity index (χ0v) is 17.0. The second-order valence-corrected chi connectivity index (χ2v) is 7.98. The van der Waals surface area contributed by atoms with Crippen LogP contribution in [-0.2, 0) is 14.3 Å². The van der Waals surface area contributed by atoms with Crippen LogP contribution < -0.4 is 5.32 Å². The zero-order chi connectivity index (χ0) is 19.8. The highest BCUT2D eigenvalue weighted by Crippen LogP contribution is 2.46. The van der Waals surface area contributed by atoms with Gasteiger partial charge in [0.2, 0.25) is 0 Å². The Hall–Kier alpha value is -2.01. The van der Waals surface area contributed by atoms with E-state index in [0.29, 0.717) is 22.3 Å². The van der Waals surface area contributed by atoms with E-state index in [-0.39, 0.29) is 19.9 Å². The van der Waals surface area contributed by atoms with Crippen LogP contribution in [0, 0.1) is 19.8 Å². The van der Waals surface area contributed by atoms with Gasteiger partial charge in [-0.25, -0.2) is 4.79 Å². The Morgan fingerprint density at radius 2 is 1.93 bits per heavy atom. The monoisotopic (exact) mass is 407 g/mol. The lowest BCUT2D eigenvalue weighted by molar-refractivity contribution is -0.116. The summed E-state index contributed by atoms with van der Waals surface area (Å²) in [7, 11) is 0. The van der Waals surface area contributed by atoms with E-state index in [2.05, 4.69) is 12.2 Å². The molecule has 1 aliphatic carbocycles. The van der Waals surface area contributed by atoms with Gasteiger partial charge in [-0.1, -0.05) is 32.0 Å². The molecule has 6 heteroatoms. The topological polar surface area (TPSA) is 64.6 Å². The fourth-order valence-corrected chi connectivity index (χ4v) is 4.26. The lowest BCUT2D eigenvalue weighted by Gasteiger charge is -2.37. The summed E-state index contributed by atoms with van der Waals surface area (Å²) in [6.07, 6.45) is 2.60. The number of nitrogens with one attached hydrogen (secondary N) is 1. The largest absolute Gasteiger partial charge is 0.513 e. The summed E-state index contributed by atoms with van der Waals surface area (Å²) in [6.45, 7) is 7.93. The van der Waals surface area contributed by atoms with Crippen molar-refractivity contribution in [2.45, 2.75) is 66.3 Å². The predicted octanol–water partition coefficient (Wildman–Crippen LogP) is 5.56. The summed E-state index contributed by atoms with van der Waals surface area (Å²) in [5.74, 6) is 0.735. The smallest absolute Gasteiger partial charge is 0.434 e. The number of carbonyl (C=O) groups is 2. The molecule has 1 aliphatic heterocycles. The van der Waals surface area contributed by atoms with Crippen LogP contribution in [0.4, 0.5) is 4.79 Å². The van der Waals surface area contributed by atoms with Gasteiger partial charge in [-0.05, 0) is 75.1 Å². The van der Waals surface area contributed by atoms with Gasteiger partial charge in [0.25, 0.3) is 5.91 Å². The number of rotatable bonds is 3. The van der Waals surface area contributed by atoms with Crippen LogP contribution in [0.15, 0.2) is 17.9 Å². The third-order valence-electron chi connectivity index (χ3n) is 5.67. The molecular weight excluding hydrogens is 378 g/mol. The van der Waals surface area contributed by atoms with Crippen molar-refractivity contribution in [2.75, 3.05) is 6.61 Å². The van der Waals surface area contributed by atoms with Crippen LogP contribution in [0.5, 0.6) is 0 Å². The quantitative estimate of drug-likeness (QED) is 0.666. The molecule has 0 bridgehead atoms.